The van der Waals surface area contributed by atoms with E-state index in [2.05, 4.69) is 30.7 Å². The Balaban J connectivity index is 2.26. The van der Waals surface area contributed by atoms with Crippen LogP contribution in [0.15, 0.2) is 36.4 Å². The molecule has 0 unspecified atom stereocenters. The minimum Gasteiger partial charge on any atom is -0.496 e. The van der Waals surface area contributed by atoms with Crippen LogP contribution in [0.3, 0.4) is 0 Å². The summed E-state index contributed by atoms with van der Waals surface area (Å²) < 4.78 is 21.1. The van der Waals surface area contributed by atoms with Crippen LogP contribution in [0.25, 0.3) is 0 Å². The van der Waals surface area contributed by atoms with E-state index in [-0.39, 0.29) is 6.61 Å². The molecule has 0 atom stereocenters. The highest BCUT2D eigenvalue weighted by Crippen LogP contribution is 2.31. The molecule has 0 fully saturated rings. The number of rotatable bonds is 7. The molecular weight excluding hydrogens is 320 g/mol. The lowest BCUT2D eigenvalue weighted by molar-refractivity contribution is 0.120. The van der Waals surface area contributed by atoms with Gasteiger partial charge in [-0.3, -0.25) is 0 Å². The number of methoxy groups -OCH3 is 2. The summed E-state index contributed by atoms with van der Waals surface area (Å²) in [4.78, 5) is 11.5. The molecule has 0 aliphatic heterocycles. The summed E-state index contributed by atoms with van der Waals surface area (Å²) in [6.07, 6.45) is 1.08. The molecule has 0 N–H and O–H groups in total. The number of hydrogen-bond acceptors (Lipinski definition) is 5. The molecule has 0 aromatic heterocycles. The topological polar surface area (TPSA) is 54.0 Å². The molecule has 25 heavy (non-hydrogen) atoms. The van der Waals surface area contributed by atoms with Gasteiger partial charge in [0.15, 0.2) is 0 Å². The van der Waals surface area contributed by atoms with Crippen molar-refractivity contribution in [2.75, 3.05) is 14.2 Å². The third kappa shape index (κ3) is 4.66. The molecule has 2 rings (SSSR count). The van der Waals surface area contributed by atoms with Gasteiger partial charge in [-0.05, 0) is 42.2 Å². The van der Waals surface area contributed by atoms with E-state index < -0.39 is 6.16 Å². The van der Waals surface area contributed by atoms with Crippen LogP contribution < -0.4 is 14.2 Å². The Morgan fingerprint density at radius 3 is 2.36 bits per heavy atom. The number of carbonyl (C=O) groups is 1. The number of carbonyl (C=O) groups excluding carboxylic acids is 1. The first kappa shape index (κ1) is 18.6. The number of ether oxygens (including phenoxy) is 4. The lowest BCUT2D eigenvalue weighted by Gasteiger charge is -2.16. The Morgan fingerprint density at radius 2 is 1.72 bits per heavy atom. The van der Waals surface area contributed by atoms with E-state index in [4.69, 9.17) is 14.2 Å². The minimum absolute atomic E-state index is 0.217. The molecule has 0 heterocycles. The summed E-state index contributed by atoms with van der Waals surface area (Å²) in [6.45, 7) is 4.44. The summed E-state index contributed by atoms with van der Waals surface area (Å²) in [7, 11) is 2.83. The molecule has 2 aromatic carbocycles. The highest BCUT2D eigenvalue weighted by molar-refractivity contribution is 5.65. The Morgan fingerprint density at radius 1 is 0.960 bits per heavy atom. The normalized spacial score (nSPS) is 10.2. The molecule has 0 spiro atoms. The van der Waals surface area contributed by atoms with E-state index in [1.54, 1.807) is 25.3 Å². The fourth-order valence-corrected chi connectivity index (χ4v) is 2.53. The predicted molar refractivity (Wildman–Crippen MR) is 95.6 cm³/mol. The Bertz CT molecular complexity index is 724. The standard InChI is InChI=1S/C20H24O5/c1-5-14-10-11-17(15(6-2)12-14)24-13-16-18(22-3)8-7-9-19(16)25-20(21)23-4/h7-12H,5-6,13H2,1-4H3. The molecule has 0 aliphatic rings. The minimum atomic E-state index is -0.781. The largest absolute Gasteiger partial charge is 0.513 e. The number of hydrogen-bond donors (Lipinski definition) is 0. The third-order valence-electron chi connectivity index (χ3n) is 3.96. The fraction of sp³-hybridized carbons (Fsp3) is 0.350. The molecule has 5 nitrogen and oxygen atoms in total. The van der Waals surface area contributed by atoms with E-state index in [1.165, 1.54) is 12.7 Å². The van der Waals surface area contributed by atoms with Crippen LogP contribution >= 0.6 is 0 Å². The molecule has 2 aromatic rings. The first-order chi connectivity index (χ1) is 12.1. The second-order valence-electron chi connectivity index (χ2n) is 5.43. The smallest absolute Gasteiger partial charge is 0.496 e. The third-order valence-corrected chi connectivity index (χ3v) is 3.96. The zero-order valence-electron chi connectivity index (χ0n) is 15.1. The molecule has 0 saturated carbocycles. The van der Waals surface area contributed by atoms with Crippen LogP contribution in [0.5, 0.6) is 17.2 Å². The van der Waals surface area contributed by atoms with Gasteiger partial charge in [0.1, 0.15) is 23.9 Å². The van der Waals surface area contributed by atoms with Crippen molar-refractivity contribution in [3.8, 4) is 17.2 Å². The van der Waals surface area contributed by atoms with Crippen molar-refractivity contribution in [2.24, 2.45) is 0 Å². The fourth-order valence-electron chi connectivity index (χ4n) is 2.53. The van der Waals surface area contributed by atoms with Crippen LogP contribution in [-0.2, 0) is 24.2 Å². The lowest BCUT2D eigenvalue weighted by Crippen LogP contribution is -2.11. The van der Waals surface area contributed by atoms with E-state index in [1.807, 2.05) is 6.07 Å². The van der Waals surface area contributed by atoms with Crippen molar-refractivity contribution >= 4 is 6.16 Å². The van der Waals surface area contributed by atoms with Crippen LogP contribution in [0.1, 0.15) is 30.5 Å². The van der Waals surface area contributed by atoms with E-state index >= 15 is 0 Å². The van der Waals surface area contributed by atoms with Crippen molar-refractivity contribution in [1.29, 1.82) is 0 Å². The second-order valence-corrected chi connectivity index (χ2v) is 5.43. The van der Waals surface area contributed by atoms with Gasteiger partial charge < -0.3 is 18.9 Å². The highest BCUT2D eigenvalue weighted by Gasteiger charge is 2.15. The van der Waals surface area contributed by atoms with E-state index in [9.17, 15) is 4.79 Å². The zero-order chi connectivity index (χ0) is 18.2. The van der Waals surface area contributed by atoms with Gasteiger partial charge in [-0.2, -0.15) is 0 Å². The Kier molecular flexibility index (Phi) is 6.69. The van der Waals surface area contributed by atoms with Gasteiger partial charge in [0.25, 0.3) is 0 Å². The molecule has 0 bridgehead atoms. The summed E-state index contributed by atoms with van der Waals surface area (Å²) in [6, 6.07) is 11.4. The van der Waals surface area contributed by atoms with Crippen molar-refractivity contribution in [1.82, 2.24) is 0 Å². The predicted octanol–water partition coefficient (Wildman–Crippen LogP) is 4.54. The molecule has 134 valence electrons. The maximum absolute atomic E-state index is 11.5. The van der Waals surface area contributed by atoms with Crippen molar-refractivity contribution in [2.45, 2.75) is 33.3 Å². The quantitative estimate of drug-likeness (QED) is 0.545. The maximum Gasteiger partial charge on any atom is 0.513 e. The van der Waals surface area contributed by atoms with Gasteiger partial charge >= 0.3 is 6.16 Å². The molecule has 0 aliphatic carbocycles. The van der Waals surface area contributed by atoms with Gasteiger partial charge in [0.05, 0.1) is 19.8 Å². The molecule has 0 radical (unpaired) electrons. The van der Waals surface area contributed by atoms with Crippen LogP contribution in [0.4, 0.5) is 4.79 Å². The molecule has 0 amide bonds. The van der Waals surface area contributed by atoms with Gasteiger partial charge in [-0.25, -0.2) is 4.79 Å². The van der Waals surface area contributed by atoms with Crippen molar-refractivity contribution < 1.29 is 23.7 Å². The summed E-state index contributed by atoms with van der Waals surface area (Å²) >= 11 is 0. The SMILES string of the molecule is CCc1ccc(OCc2c(OC)cccc2OC(=O)OC)c(CC)c1. The lowest BCUT2D eigenvalue weighted by atomic mass is 10.1. The van der Waals surface area contributed by atoms with Gasteiger partial charge in [-0.15, -0.1) is 0 Å². The average molecular weight is 344 g/mol. The first-order valence-corrected chi connectivity index (χ1v) is 8.29. The maximum atomic E-state index is 11.5. The molecule has 0 saturated heterocycles. The van der Waals surface area contributed by atoms with Crippen LogP contribution in [0, 0.1) is 0 Å². The van der Waals surface area contributed by atoms with Crippen LogP contribution in [0.2, 0.25) is 0 Å². The zero-order valence-corrected chi connectivity index (χ0v) is 15.1. The van der Waals surface area contributed by atoms with Crippen molar-refractivity contribution in [3.05, 3.63) is 53.1 Å². The Hall–Kier alpha value is -2.69. The van der Waals surface area contributed by atoms with E-state index in [0.29, 0.717) is 17.1 Å². The summed E-state index contributed by atoms with van der Waals surface area (Å²) in [5.74, 6) is 1.76. The van der Waals surface area contributed by atoms with Gasteiger partial charge in [0.2, 0.25) is 0 Å². The van der Waals surface area contributed by atoms with E-state index in [0.717, 1.165) is 24.2 Å². The van der Waals surface area contributed by atoms with Crippen LogP contribution in [-0.4, -0.2) is 20.4 Å². The molecular formula is C20H24O5. The average Bonchev–Trinajstić information content (AvgIpc) is 2.66. The highest BCUT2D eigenvalue weighted by atomic mass is 16.7. The van der Waals surface area contributed by atoms with Crippen molar-refractivity contribution in [3.63, 3.8) is 0 Å². The first-order valence-electron chi connectivity index (χ1n) is 8.29. The number of benzene rings is 2. The van der Waals surface area contributed by atoms with Gasteiger partial charge in [0, 0.05) is 0 Å². The van der Waals surface area contributed by atoms with Gasteiger partial charge in [-0.1, -0.05) is 32.0 Å². The summed E-state index contributed by atoms with van der Waals surface area (Å²) in [5.41, 5.74) is 3.07. The monoisotopic (exact) mass is 344 g/mol. The Labute approximate surface area is 148 Å². The second kappa shape index (κ2) is 8.97. The number of aryl methyl sites for hydroxylation is 2. The molecule has 5 heteroatoms. The summed E-state index contributed by atoms with van der Waals surface area (Å²) in [5, 5.41) is 0.